The zero-order valence-electron chi connectivity index (χ0n) is 18.1. The molecule has 0 aliphatic carbocycles. The van der Waals surface area contributed by atoms with Gasteiger partial charge in [-0.15, -0.1) is 0 Å². The molecule has 0 atom stereocenters. The highest BCUT2D eigenvalue weighted by molar-refractivity contribution is 7.89. The lowest BCUT2D eigenvalue weighted by atomic mass is 10.1. The van der Waals surface area contributed by atoms with Crippen LogP contribution in [-0.4, -0.2) is 52.5 Å². The Kier molecular flexibility index (Phi) is 7.92. The van der Waals surface area contributed by atoms with Crippen LogP contribution in [0, 0.1) is 0 Å². The summed E-state index contributed by atoms with van der Waals surface area (Å²) >= 11 is 0. The number of hydrogen-bond acceptors (Lipinski definition) is 5. The van der Waals surface area contributed by atoms with Gasteiger partial charge in [-0.3, -0.25) is 4.79 Å². The van der Waals surface area contributed by atoms with Gasteiger partial charge in [0.2, 0.25) is 10.0 Å². The van der Waals surface area contributed by atoms with Crippen molar-refractivity contribution in [1.29, 1.82) is 0 Å². The van der Waals surface area contributed by atoms with Crippen molar-refractivity contribution >= 4 is 15.9 Å². The third kappa shape index (κ3) is 5.77. The number of rotatable bonds is 8. The molecule has 0 bridgehead atoms. The van der Waals surface area contributed by atoms with Gasteiger partial charge < -0.3 is 14.8 Å². The van der Waals surface area contributed by atoms with Crippen LogP contribution in [0.1, 0.15) is 41.6 Å². The average molecular weight is 447 g/mol. The monoisotopic (exact) mass is 446 g/mol. The van der Waals surface area contributed by atoms with E-state index in [4.69, 9.17) is 9.47 Å². The van der Waals surface area contributed by atoms with Crippen LogP contribution < -0.4 is 14.8 Å². The minimum Gasteiger partial charge on any atom is -0.497 e. The molecule has 1 N–H and O–H groups in total. The second-order valence-corrected chi connectivity index (χ2v) is 9.47. The lowest BCUT2D eigenvalue weighted by Crippen LogP contribution is -2.32. The molecule has 8 heteroatoms. The molecule has 0 radical (unpaired) electrons. The molecule has 7 nitrogen and oxygen atoms in total. The van der Waals surface area contributed by atoms with Crippen LogP contribution in [0.5, 0.6) is 11.5 Å². The Bertz CT molecular complexity index is 982. The summed E-state index contributed by atoms with van der Waals surface area (Å²) in [6.07, 6.45) is 4.43. The predicted molar refractivity (Wildman–Crippen MR) is 119 cm³/mol. The van der Waals surface area contributed by atoms with Gasteiger partial charge in [0.05, 0.1) is 24.7 Å². The van der Waals surface area contributed by atoms with Crippen molar-refractivity contribution in [1.82, 2.24) is 9.62 Å². The van der Waals surface area contributed by atoms with Crippen LogP contribution in [0.3, 0.4) is 0 Å². The maximum atomic E-state index is 13.1. The van der Waals surface area contributed by atoms with E-state index in [0.717, 1.165) is 37.0 Å². The first-order valence-electron chi connectivity index (χ1n) is 10.5. The molecular weight excluding hydrogens is 416 g/mol. The van der Waals surface area contributed by atoms with Crippen LogP contribution in [0.2, 0.25) is 0 Å². The maximum Gasteiger partial charge on any atom is 0.255 e. The molecule has 1 aliphatic rings. The molecule has 0 spiro atoms. The summed E-state index contributed by atoms with van der Waals surface area (Å²) in [6.45, 7) is 1.44. The molecule has 31 heavy (non-hydrogen) atoms. The number of ether oxygens (including phenoxy) is 2. The van der Waals surface area contributed by atoms with E-state index in [9.17, 15) is 13.2 Å². The molecule has 2 aromatic carbocycles. The van der Waals surface area contributed by atoms with Crippen LogP contribution in [0.4, 0.5) is 0 Å². The van der Waals surface area contributed by atoms with Crippen LogP contribution >= 0.6 is 0 Å². The number of sulfonamides is 1. The Morgan fingerprint density at radius 3 is 2.26 bits per heavy atom. The van der Waals surface area contributed by atoms with Crippen molar-refractivity contribution in [2.75, 3.05) is 33.9 Å². The summed E-state index contributed by atoms with van der Waals surface area (Å²) in [5, 5.41) is 2.86. The predicted octanol–water partition coefficient (Wildman–Crippen LogP) is 3.24. The Hall–Kier alpha value is -2.58. The molecule has 1 aliphatic heterocycles. The number of carbonyl (C=O) groups is 1. The van der Waals surface area contributed by atoms with Crippen molar-refractivity contribution in [3.05, 3.63) is 53.6 Å². The zero-order chi connectivity index (χ0) is 22.3. The van der Waals surface area contributed by atoms with Crippen molar-refractivity contribution in [2.45, 2.75) is 37.0 Å². The molecule has 1 amide bonds. The number of carbonyl (C=O) groups excluding carboxylic acids is 1. The highest BCUT2D eigenvalue weighted by Crippen LogP contribution is 2.26. The molecule has 0 aromatic heterocycles. The lowest BCUT2D eigenvalue weighted by Gasteiger charge is -2.20. The smallest absolute Gasteiger partial charge is 0.255 e. The second kappa shape index (κ2) is 10.6. The van der Waals surface area contributed by atoms with Crippen molar-refractivity contribution in [3.63, 3.8) is 0 Å². The summed E-state index contributed by atoms with van der Waals surface area (Å²) in [4.78, 5) is 12.9. The van der Waals surface area contributed by atoms with Gasteiger partial charge in [0.1, 0.15) is 11.5 Å². The summed E-state index contributed by atoms with van der Waals surface area (Å²) in [5.41, 5.74) is 1.28. The van der Waals surface area contributed by atoms with Gasteiger partial charge >= 0.3 is 0 Å². The quantitative estimate of drug-likeness (QED) is 0.673. The van der Waals surface area contributed by atoms with Crippen LogP contribution in [0.15, 0.2) is 47.4 Å². The van der Waals surface area contributed by atoms with Crippen LogP contribution in [-0.2, 0) is 16.4 Å². The van der Waals surface area contributed by atoms with Gasteiger partial charge in [-0.05, 0) is 55.2 Å². The largest absolute Gasteiger partial charge is 0.497 e. The zero-order valence-corrected chi connectivity index (χ0v) is 18.9. The topological polar surface area (TPSA) is 84.9 Å². The van der Waals surface area contributed by atoms with Gasteiger partial charge in [-0.25, -0.2) is 8.42 Å². The summed E-state index contributed by atoms with van der Waals surface area (Å²) < 4.78 is 38.2. The normalized spacial score (nSPS) is 15.2. The highest BCUT2D eigenvalue weighted by atomic mass is 32.2. The first-order valence-corrected chi connectivity index (χ1v) is 12.0. The van der Waals surface area contributed by atoms with Gasteiger partial charge in [0.15, 0.2) is 0 Å². The number of hydrogen-bond donors (Lipinski definition) is 1. The summed E-state index contributed by atoms with van der Waals surface area (Å²) in [7, 11) is -0.571. The van der Waals surface area contributed by atoms with E-state index in [0.29, 0.717) is 31.8 Å². The third-order valence-corrected chi connectivity index (χ3v) is 7.37. The number of methoxy groups -OCH3 is 2. The Balaban J connectivity index is 1.72. The van der Waals surface area contributed by atoms with Crippen molar-refractivity contribution in [3.8, 4) is 11.5 Å². The van der Waals surface area contributed by atoms with E-state index in [1.165, 1.54) is 23.5 Å². The molecule has 0 saturated carbocycles. The van der Waals surface area contributed by atoms with E-state index < -0.39 is 10.0 Å². The van der Waals surface area contributed by atoms with E-state index in [-0.39, 0.29) is 16.4 Å². The number of benzene rings is 2. The van der Waals surface area contributed by atoms with Gasteiger partial charge in [0.25, 0.3) is 5.91 Å². The van der Waals surface area contributed by atoms with Crippen LogP contribution in [0.25, 0.3) is 0 Å². The van der Waals surface area contributed by atoms with E-state index in [1.54, 1.807) is 13.2 Å². The number of nitrogens with one attached hydrogen (secondary N) is 1. The molecule has 1 fully saturated rings. The van der Waals surface area contributed by atoms with Gasteiger partial charge in [0, 0.05) is 19.6 Å². The average Bonchev–Trinajstić information content (AvgIpc) is 3.09. The van der Waals surface area contributed by atoms with Crippen molar-refractivity contribution in [2.24, 2.45) is 0 Å². The molecule has 1 saturated heterocycles. The van der Waals surface area contributed by atoms with E-state index in [1.807, 2.05) is 24.3 Å². The fourth-order valence-electron chi connectivity index (χ4n) is 3.66. The molecular formula is C23H30N2O5S. The van der Waals surface area contributed by atoms with Gasteiger partial charge in [-0.2, -0.15) is 4.31 Å². The number of nitrogens with zero attached hydrogens (tertiary/aromatic N) is 1. The Morgan fingerprint density at radius 2 is 1.65 bits per heavy atom. The fourth-order valence-corrected chi connectivity index (χ4v) is 5.21. The maximum absolute atomic E-state index is 13.1. The second-order valence-electron chi connectivity index (χ2n) is 7.53. The molecule has 168 valence electrons. The SMILES string of the molecule is COc1ccc(CCNC(=O)c2cc(S(=O)(=O)N3CCCCCC3)ccc2OC)cc1. The Labute approximate surface area is 184 Å². The first kappa shape index (κ1) is 23.1. The molecule has 3 rings (SSSR count). The molecule has 2 aromatic rings. The third-order valence-electron chi connectivity index (χ3n) is 5.48. The number of amides is 1. The van der Waals surface area contributed by atoms with Gasteiger partial charge in [-0.1, -0.05) is 25.0 Å². The molecule has 1 heterocycles. The minimum atomic E-state index is -3.65. The standard InChI is InChI=1S/C23H30N2O5S/c1-29-19-9-7-18(8-10-19)13-14-24-23(26)21-17-20(11-12-22(21)30-2)31(27,28)25-15-5-3-4-6-16-25/h7-12,17H,3-6,13-16H2,1-2H3,(H,24,26). The Morgan fingerprint density at radius 1 is 0.968 bits per heavy atom. The minimum absolute atomic E-state index is 0.121. The van der Waals surface area contributed by atoms with E-state index >= 15 is 0 Å². The van der Waals surface area contributed by atoms with E-state index in [2.05, 4.69) is 5.32 Å². The lowest BCUT2D eigenvalue weighted by molar-refractivity contribution is 0.0951. The molecule has 0 unspecified atom stereocenters. The van der Waals surface area contributed by atoms with Crippen molar-refractivity contribution < 1.29 is 22.7 Å². The first-order chi connectivity index (χ1) is 15.0. The highest BCUT2D eigenvalue weighted by Gasteiger charge is 2.27. The summed E-state index contributed by atoms with van der Waals surface area (Å²) in [6, 6.07) is 12.1. The fraction of sp³-hybridized carbons (Fsp3) is 0.435. The summed E-state index contributed by atoms with van der Waals surface area (Å²) in [5.74, 6) is 0.759.